The molecule has 1 nitrogen and oxygen atoms in total. The van der Waals surface area contributed by atoms with Gasteiger partial charge in [-0.25, -0.2) is 4.84 Å². The summed E-state index contributed by atoms with van der Waals surface area (Å²) >= 11 is 5.20. The Hall–Kier alpha value is 0.250. The van der Waals surface area contributed by atoms with Crippen molar-refractivity contribution in [1.82, 2.24) is 4.84 Å². The van der Waals surface area contributed by atoms with Crippen molar-refractivity contribution in [2.75, 3.05) is 0 Å². The molecule has 0 aliphatic heterocycles. The maximum Gasteiger partial charge on any atom is 0.0190 e. The minimum absolute atomic E-state index is 0.451. The van der Waals surface area contributed by atoms with Crippen molar-refractivity contribution in [2.24, 2.45) is 0 Å². The number of hydrogen-bond acceptors (Lipinski definition) is 1. The Kier molecular flexibility index (Phi) is 3.58. The lowest BCUT2D eigenvalue weighted by atomic mass is 10.3. The first-order chi connectivity index (χ1) is 2.81. The van der Waals surface area contributed by atoms with E-state index in [-0.39, 0.29) is 0 Å². The SMILES string of the molecule is CCC(C)NCl. The summed E-state index contributed by atoms with van der Waals surface area (Å²) in [6, 6.07) is 0.451. The summed E-state index contributed by atoms with van der Waals surface area (Å²) in [6.07, 6.45) is 1.09. The van der Waals surface area contributed by atoms with Gasteiger partial charge in [0.1, 0.15) is 0 Å². The average molecular weight is 108 g/mol. The Balaban J connectivity index is 2.75. The maximum absolute atomic E-state index is 5.20. The molecule has 0 fully saturated rings. The first kappa shape index (κ1) is 6.25. The molecule has 38 valence electrons. The molecule has 0 rings (SSSR count). The van der Waals surface area contributed by atoms with Crippen LogP contribution in [0.2, 0.25) is 0 Å². The highest BCUT2D eigenvalue weighted by Gasteiger charge is 1.88. The fraction of sp³-hybridized carbons (Fsp3) is 1.00. The molecule has 0 aromatic carbocycles. The van der Waals surface area contributed by atoms with Crippen LogP contribution >= 0.6 is 11.8 Å². The molecule has 0 amide bonds. The highest BCUT2D eigenvalue weighted by molar-refractivity contribution is 6.13. The van der Waals surface area contributed by atoms with Crippen LogP contribution in [-0.2, 0) is 0 Å². The van der Waals surface area contributed by atoms with E-state index >= 15 is 0 Å². The number of nitrogens with one attached hydrogen (secondary N) is 1. The van der Waals surface area contributed by atoms with Gasteiger partial charge in [0.25, 0.3) is 0 Å². The zero-order valence-electron chi connectivity index (χ0n) is 4.16. The van der Waals surface area contributed by atoms with E-state index in [4.69, 9.17) is 11.8 Å². The van der Waals surface area contributed by atoms with Gasteiger partial charge in [-0.1, -0.05) is 6.92 Å². The molecule has 0 aliphatic rings. The monoisotopic (exact) mass is 107 g/mol. The largest absolute Gasteiger partial charge is 0.231 e. The smallest absolute Gasteiger partial charge is 0.0190 e. The van der Waals surface area contributed by atoms with Gasteiger partial charge in [0.2, 0.25) is 0 Å². The topological polar surface area (TPSA) is 12.0 Å². The van der Waals surface area contributed by atoms with Crippen LogP contribution in [0.5, 0.6) is 0 Å². The second kappa shape index (κ2) is 3.44. The normalized spacial score (nSPS) is 14.5. The molecule has 0 aliphatic carbocycles. The molecule has 0 aromatic rings. The van der Waals surface area contributed by atoms with Gasteiger partial charge in [-0.3, -0.25) is 0 Å². The van der Waals surface area contributed by atoms with E-state index in [9.17, 15) is 0 Å². The van der Waals surface area contributed by atoms with Gasteiger partial charge in [-0.05, 0) is 25.1 Å². The number of rotatable bonds is 2. The summed E-state index contributed by atoms with van der Waals surface area (Å²) in [4.78, 5) is 2.59. The van der Waals surface area contributed by atoms with Gasteiger partial charge in [0, 0.05) is 6.04 Å². The third kappa shape index (κ3) is 2.49. The van der Waals surface area contributed by atoms with Gasteiger partial charge < -0.3 is 0 Å². The second-order valence-corrected chi connectivity index (χ2v) is 1.64. The van der Waals surface area contributed by atoms with Crippen LogP contribution in [0.3, 0.4) is 0 Å². The van der Waals surface area contributed by atoms with E-state index < -0.39 is 0 Å². The van der Waals surface area contributed by atoms with Crippen molar-refractivity contribution < 1.29 is 0 Å². The molecule has 1 atom stereocenters. The van der Waals surface area contributed by atoms with Gasteiger partial charge in [-0.15, -0.1) is 0 Å². The van der Waals surface area contributed by atoms with Crippen molar-refractivity contribution in [3.63, 3.8) is 0 Å². The first-order valence-electron chi connectivity index (χ1n) is 2.17. The summed E-state index contributed by atoms with van der Waals surface area (Å²) in [5.41, 5.74) is 0. The fourth-order valence-electron chi connectivity index (χ4n) is 0.0772. The lowest BCUT2D eigenvalue weighted by Crippen LogP contribution is -2.13. The molecule has 0 heterocycles. The lowest BCUT2D eigenvalue weighted by Gasteiger charge is -1.99. The molecule has 0 radical (unpaired) electrons. The average Bonchev–Trinajstić information content (AvgIpc) is 1.65. The van der Waals surface area contributed by atoms with Crippen LogP contribution in [0.4, 0.5) is 0 Å². The summed E-state index contributed by atoms with van der Waals surface area (Å²) < 4.78 is 0. The van der Waals surface area contributed by atoms with Crippen LogP contribution in [-0.4, -0.2) is 6.04 Å². The lowest BCUT2D eigenvalue weighted by molar-refractivity contribution is 0.662. The van der Waals surface area contributed by atoms with Gasteiger partial charge in [0.15, 0.2) is 0 Å². The van der Waals surface area contributed by atoms with Crippen LogP contribution in [0.1, 0.15) is 20.3 Å². The Morgan fingerprint density at radius 2 is 2.33 bits per heavy atom. The fourth-order valence-corrected chi connectivity index (χ4v) is 0.231. The van der Waals surface area contributed by atoms with Gasteiger partial charge in [-0.2, -0.15) is 0 Å². The highest BCUT2D eigenvalue weighted by atomic mass is 35.5. The third-order valence-corrected chi connectivity index (χ3v) is 1.17. The molecule has 2 heteroatoms. The van der Waals surface area contributed by atoms with Crippen molar-refractivity contribution in [3.05, 3.63) is 0 Å². The predicted octanol–water partition coefficient (Wildman–Crippen LogP) is 1.53. The van der Waals surface area contributed by atoms with Crippen molar-refractivity contribution in [1.29, 1.82) is 0 Å². The van der Waals surface area contributed by atoms with E-state index in [2.05, 4.69) is 11.8 Å². The summed E-state index contributed by atoms with van der Waals surface area (Å²) in [6.45, 7) is 4.12. The molecule has 0 saturated heterocycles. The zero-order valence-corrected chi connectivity index (χ0v) is 4.92. The maximum atomic E-state index is 5.20. The molecular formula is C4H10ClN. The highest BCUT2D eigenvalue weighted by Crippen LogP contribution is 1.86. The Bertz CT molecular complexity index is 26.7. The second-order valence-electron chi connectivity index (χ2n) is 1.42. The molecule has 6 heavy (non-hydrogen) atoms. The summed E-state index contributed by atoms with van der Waals surface area (Å²) in [5, 5.41) is 0. The molecule has 0 bridgehead atoms. The van der Waals surface area contributed by atoms with E-state index in [1.54, 1.807) is 0 Å². The van der Waals surface area contributed by atoms with Gasteiger partial charge >= 0.3 is 0 Å². The molecule has 1 N–H and O–H groups in total. The minimum Gasteiger partial charge on any atom is -0.231 e. The van der Waals surface area contributed by atoms with Crippen molar-refractivity contribution in [2.45, 2.75) is 26.3 Å². The minimum atomic E-state index is 0.451. The Morgan fingerprint density at radius 3 is 2.33 bits per heavy atom. The Morgan fingerprint density at radius 1 is 1.83 bits per heavy atom. The molecule has 0 saturated carbocycles. The molecule has 0 aromatic heterocycles. The third-order valence-electron chi connectivity index (χ3n) is 0.799. The van der Waals surface area contributed by atoms with Gasteiger partial charge in [0.05, 0.1) is 0 Å². The van der Waals surface area contributed by atoms with Crippen LogP contribution in [0.15, 0.2) is 0 Å². The van der Waals surface area contributed by atoms with E-state index in [1.165, 1.54) is 0 Å². The Labute approximate surface area is 43.8 Å². The van der Waals surface area contributed by atoms with E-state index in [0.29, 0.717) is 6.04 Å². The van der Waals surface area contributed by atoms with E-state index in [0.717, 1.165) is 6.42 Å². The zero-order chi connectivity index (χ0) is 4.99. The molecule has 1 unspecified atom stereocenters. The van der Waals surface area contributed by atoms with Crippen LogP contribution < -0.4 is 4.84 Å². The van der Waals surface area contributed by atoms with E-state index in [1.807, 2.05) is 6.92 Å². The number of halogens is 1. The molecule has 0 spiro atoms. The standard InChI is InChI=1S/C4H10ClN/c1-3-4(2)6-5/h4,6H,3H2,1-2H3. The summed E-state index contributed by atoms with van der Waals surface area (Å²) in [5.74, 6) is 0. The first-order valence-corrected chi connectivity index (χ1v) is 2.55. The molecular weight excluding hydrogens is 97.5 g/mol. The van der Waals surface area contributed by atoms with Crippen molar-refractivity contribution in [3.8, 4) is 0 Å². The summed E-state index contributed by atoms with van der Waals surface area (Å²) in [7, 11) is 0. The number of hydrogen-bond donors (Lipinski definition) is 1. The quantitative estimate of drug-likeness (QED) is 0.528. The van der Waals surface area contributed by atoms with Crippen LogP contribution in [0.25, 0.3) is 0 Å². The van der Waals surface area contributed by atoms with Crippen LogP contribution in [0, 0.1) is 0 Å². The van der Waals surface area contributed by atoms with Crippen molar-refractivity contribution >= 4 is 11.8 Å². The predicted molar refractivity (Wildman–Crippen MR) is 28.7 cm³/mol.